The Labute approximate surface area is 270 Å². The number of nitrogens with zero attached hydrogens (tertiary/aromatic N) is 3. The predicted molar refractivity (Wildman–Crippen MR) is 193 cm³/mol. The first-order chi connectivity index (χ1) is 22.8. The first-order valence-corrected chi connectivity index (χ1v) is 16.2. The summed E-state index contributed by atoms with van der Waals surface area (Å²) in [5, 5.41) is 3.61. The zero-order valence-electron chi connectivity index (χ0n) is 24.8. The van der Waals surface area contributed by atoms with Crippen molar-refractivity contribution in [3.63, 3.8) is 0 Å². The minimum absolute atomic E-state index is 0.714. The molecule has 0 N–H and O–H groups in total. The lowest BCUT2D eigenvalue weighted by molar-refractivity contribution is 1.17. The average Bonchev–Trinajstić information content (AvgIpc) is 3.72. The van der Waals surface area contributed by atoms with Crippen LogP contribution in [0.2, 0.25) is 0 Å². The maximum absolute atomic E-state index is 5.28. The van der Waals surface area contributed by atoms with Crippen molar-refractivity contribution in [3.8, 4) is 50.0 Å². The molecular weight excluding hydrogens is 579 g/mol. The number of para-hydroxylation sites is 2. The Hall–Kier alpha value is -5.84. The van der Waals surface area contributed by atoms with Crippen molar-refractivity contribution in [3.05, 3.63) is 164 Å². The number of rotatable bonds is 5. The Morgan fingerprint density at radius 3 is 1.98 bits per heavy atom. The molecule has 0 unspecified atom stereocenters. The number of benzene rings is 6. The van der Waals surface area contributed by atoms with Crippen molar-refractivity contribution >= 4 is 43.2 Å². The Kier molecular flexibility index (Phi) is 6.32. The molecule has 46 heavy (non-hydrogen) atoms. The molecule has 216 valence electrons. The molecule has 0 saturated carbocycles. The molecule has 9 rings (SSSR count). The van der Waals surface area contributed by atoms with Crippen LogP contribution in [0.15, 0.2) is 164 Å². The highest BCUT2D eigenvalue weighted by Crippen LogP contribution is 2.39. The Morgan fingerprint density at radius 2 is 1.13 bits per heavy atom. The topological polar surface area (TPSA) is 30.7 Å². The fourth-order valence-corrected chi connectivity index (χ4v) is 7.52. The van der Waals surface area contributed by atoms with E-state index in [1.165, 1.54) is 26.4 Å². The fraction of sp³-hybridized carbons (Fsp3) is 0. The first kappa shape index (κ1) is 26.6. The van der Waals surface area contributed by atoms with Gasteiger partial charge in [-0.25, -0.2) is 9.97 Å². The van der Waals surface area contributed by atoms with Gasteiger partial charge in [-0.05, 0) is 71.1 Å². The molecule has 0 aliphatic carbocycles. The van der Waals surface area contributed by atoms with Gasteiger partial charge in [0, 0.05) is 32.3 Å². The molecule has 0 spiro atoms. The van der Waals surface area contributed by atoms with Gasteiger partial charge in [0.05, 0.1) is 27.3 Å². The molecule has 6 aromatic carbocycles. The molecule has 0 fully saturated rings. The van der Waals surface area contributed by atoms with E-state index in [0.29, 0.717) is 5.82 Å². The van der Waals surface area contributed by atoms with Gasteiger partial charge in [-0.2, -0.15) is 0 Å². The van der Waals surface area contributed by atoms with Gasteiger partial charge in [0.1, 0.15) is 0 Å². The highest BCUT2D eigenvalue weighted by Gasteiger charge is 2.18. The van der Waals surface area contributed by atoms with E-state index < -0.39 is 0 Å². The van der Waals surface area contributed by atoms with E-state index >= 15 is 0 Å². The summed E-state index contributed by atoms with van der Waals surface area (Å²) in [5.74, 6) is 0.714. The van der Waals surface area contributed by atoms with Gasteiger partial charge in [-0.1, -0.05) is 109 Å². The van der Waals surface area contributed by atoms with Crippen LogP contribution in [-0.4, -0.2) is 14.5 Å². The molecule has 0 bridgehead atoms. The van der Waals surface area contributed by atoms with E-state index in [1.54, 1.807) is 11.3 Å². The molecular formula is C42H27N3S. The predicted octanol–water partition coefficient (Wildman–Crippen LogP) is 11.5. The van der Waals surface area contributed by atoms with Crippen molar-refractivity contribution in [2.45, 2.75) is 0 Å². The van der Waals surface area contributed by atoms with Crippen molar-refractivity contribution in [2.75, 3.05) is 0 Å². The van der Waals surface area contributed by atoms with Crippen LogP contribution in [0.5, 0.6) is 0 Å². The fourth-order valence-electron chi connectivity index (χ4n) is 6.49. The molecule has 0 saturated heterocycles. The summed E-state index contributed by atoms with van der Waals surface area (Å²) in [6.07, 6.45) is 0. The standard InChI is InChI=1S/C42H27N3S/c1-3-13-28(14-4-1)32-18-8-9-19-33(32)36-27-37(41-26-29-15-7-12-22-40(29)46-41)44-42(43-36)30-23-24-39-35(25-30)34-20-10-11-21-38(34)45(39)31-16-5-2-6-17-31/h1-27H. The lowest BCUT2D eigenvalue weighted by Crippen LogP contribution is -1.97. The van der Waals surface area contributed by atoms with Gasteiger partial charge in [-0.3, -0.25) is 0 Å². The number of hydrogen-bond donors (Lipinski definition) is 0. The summed E-state index contributed by atoms with van der Waals surface area (Å²) in [7, 11) is 0. The third kappa shape index (κ3) is 4.50. The highest BCUT2D eigenvalue weighted by molar-refractivity contribution is 7.22. The van der Waals surface area contributed by atoms with Crippen LogP contribution in [0.4, 0.5) is 0 Å². The summed E-state index contributed by atoms with van der Waals surface area (Å²) in [6, 6.07) is 57.8. The first-order valence-electron chi connectivity index (χ1n) is 15.4. The van der Waals surface area contributed by atoms with Crippen molar-refractivity contribution in [1.82, 2.24) is 14.5 Å². The van der Waals surface area contributed by atoms with E-state index in [2.05, 4.69) is 168 Å². The molecule has 3 nitrogen and oxygen atoms in total. The highest BCUT2D eigenvalue weighted by atomic mass is 32.1. The third-order valence-corrected chi connectivity index (χ3v) is 9.78. The van der Waals surface area contributed by atoms with Gasteiger partial charge >= 0.3 is 0 Å². The third-order valence-electron chi connectivity index (χ3n) is 8.64. The zero-order valence-corrected chi connectivity index (χ0v) is 25.7. The monoisotopic (exact) mass is 605 g/mol. The molecule has 3 heterocycles. The molecule has 0 amide bonds. The molecule has 0 aliphatic heterocycles. The maximum atomic E-state index is 5.28. The average molecular weight is 606 g/mol. The Bertz CT molecular complexity index is 2490. The minimum atomic E-state index is 0.714. The van der Waals surface area contributed by atoms with Crippen LogP contribution in [0.3, 0.4) is 0 Å². The van der Waals surface area contributed by atoms with E-state index in [9.17, 15) is 0 Å². The van der Waals surface area contributed by atoms with Crippen molar-refractivity contribution in [1.29, 1.82) is 0 Å². The van der Waals surface area contributed by atoms with Crippen LogP contribution < -0.4 is 0 Å². The second-order valence-electron chi connectivity index (χ2n) is 11.4. The van der Waals surface area contributed by atoms with Crippen LogP contribution in [0.25, 0.3) is 81.9 Å². The summed E-state index contributed by atoms with van der Waals surface area (Å²) in [6.45, 7) is 0. The summed E-state index contributed by atoms with van der Waals surface area (Å²) in [4.78, 5) is 11.6. The van der Waals surface area contributed by atoms with Crippen LogP contribution in [0.1, 0.15) is 0 Å². The normalized spacial score (nSPS) is 11.5. The van der Waals surface area contributed by atoms with Gasteiger partial charge in [-0.15, -0.1) is 11.3 Å². The lowest BCUT2D eigenvalue weighted by Gasteiger charge is -2.13. The van der Waals surface area contributed by atoms with Crippen LogP contribution in [0, 0.1) is 0 Å². The van der Waals surface area contributed by atoms with Crippen LogP contribution >= 0.6 is 11.3 Å². The number of aromatic nitrogens is 3. The van der Waals surface area contributed by atoms with E-state index in [4.69, 9.17) is 9.97 Å². The minimum Gasteiger partial charge on any atom is -0.309 e. The van der Waals surface area contributed by atoms with Gasteiger partial charge in [0.15, 0.2) is 5.82 Å². The molecule has 9 aromatic rings. The summed E-state index contributed by atoms with van der Waals surface area (Å²) in [5.41, 5.74) is 9.70. The van der Waals surface area contributed by atoms with Crippen LogP contribution in [-0.2, 0) is 0 Å². The number of hydrogen-bond acceptors (Lipinski definition) is 3. The molecule has 0 atom stereocenters. The number of fused-ring (bicyclic) bond motifs is 4. The summed E-state index contributed by atoms with van der Waals surface area (Å²) < 4.78 is 3.59. The maximum Gasteiger partial charge on any atom is 0.160 e. The van der Waals surface area contributed by atoms with E-state index in [0.717, 1.165) is 49.7 Å². The lowest BCUT2D eigenvalue weighted by atomic mass is 9.97. The van der Waals surface area contributed by atoms with Crippen molar-refractivity contribution in [2.24, 2.45) is 0 Å². The molecule has 0 aliphatic rings. The SMILES string of the molecule is c1ccc(-c2ccccc2-c2cc(-c3cc4ccccc4s3)nc(-c3ccc4c(c3)c3ccccc3n4-c3ccccc3)n2)cc1. The smallest absolute Gasteiger partial charge is 0.160 e. The van der Waals surface area contributed by atoms with Gasteiger partial charge in [0.2, 0.25) is 0 Å². The van der Waals surface area contributed by atoms with Gasteiger partial charge < -0.3 is 4.57 Å². The second kappa shape index (κ2) is 11.0. The molecule has 0 radical (unpaired) electrons. The molecule has 3 aromatic heterocycles. The summed E-state index contributed by atoms with van der Waals surface area (Å²) >= 11 is 1.77. The van der Waals surface area contributed by atoms with Crippen molar-refractivity contribution < 1.29 is 0 Å². The number of thiophene rings is 1. The quantitative estimate of drug-likeness (QED) is 0.195. The van der Waals surface area contributed by atoms with Gasteiger partial charge in [0.25, 0.3) is 0 Å². The second-order valence-corrected chi connectivity index (χ2v) is 12.5. The Morgan fingerprint density at radius 1 is 0.457 bits per heavy atom. The Balaban J connectivity index is 1.28. The van der Waals surface area contributed by atoms with E-state index in [-0.39, 0.29) is 0 Å². The van der Waals surface area contributed by atoms with E-state index in [1.807, 2.05) is 0 Å². The molecule has 4 heteroatoms. The largest absolute Gasteiger partial charge is 0.309 e. The zero-order chi connectivity index (χ0) is 30.5.